The number of hydrogen-bond donors (Lipinski definition) is 2. The van der Waals surface area contributed by atoms with Gasteiger partial charge in [-0.05, 0) is 50.9 Å². The topological polar surface area (TPSA) is 63.3 Å². The van der Waals surface area contributed by atoms with Gasteiger partial charge in [0, 0.05) is 13.0 Å². The summed E-state index contributed by atoms with van der Waals surface area (Å²) >= 11 is 0. The van der Waals surface area contributed by atoms with Crippen LogP contribution in [-0.4, -0.2) is 17.6 Å². The van der Waals surface area contributed by atoms with Gasteiger partial charge in [0.2, 0.25) is 5.91 Å². The molecule has 1 unspecified atom stereocenters. The van der Waals surface area contributed by atoms with E-state index in [-0.39, 0.29) is 5.91 Å². The molecule has 3 nitrogen and oxygen atoms in total. The number of allylic oxidation sites excluding steroid dienone is 2. The van der Waals surface area contributed by atoms with E-state index in [4.69, 9.17) is 5.73 Å². The Morgan fingerprint density at radius 1 is 0.778 bits per heavy atom. The van der Waals surface area contributed by atoms with Crippen molar-refractivity contribution >= 4 is 5.91 Å². The van der Waals surface area contributed by atoms with Crippen LogP contribution in [0.25, 0.3) is 0 Å². The standard InChI is InChI=1S/C24H47NO2/c1-2-3-19-23(22-26)20-17-15-13-11-9-7-5-4-6-8-10-12-14-16-18-21-24(25)27/h5,7,23,26H,2-4,6,8-22H2,1H3,(H2,25,27)/b7-5-. The van der Waals surface area contributed by atoms with Gasteiger partial charge in [0.1, 0.15) is 0 Å². The number of nitrogens with two attached hydrogens (primary N) is 1. The van der Waals surface area contributed by atoms with Crippen molar-refractivity contribution in [3.05, 3.63) is 12.2 Å². The minimum absolute atomic E-state index is 0.167. The number of carbonyl (C=O) groups excluding carboxylic acids is 1. The fraction of sp³-hybridized carbons (Fsp3) is 0.875. The molecule has 0 heterocycles. The Hall–Kier alpha value is -0.830. The maximum Gasteiger partial charge on any atom is 0.217 e. The van der Waals surface area contributed by atoms with Crippen LogP contribution < -0.4 is 5.73 Å². The van der Waals surface area contributed by atoms with E-state index in [0.29, 0.717) is 18.9 Å². The van der Waals surface area contributed by atoms with Gasteiger partial charge in [-0.15, -0.1) is 0 Å². The minimum atomic E-state index is -0.167. The van der Waals surface area contributed by atoms with Gasteiger partial charge in [0.25, 0.3) is 0 Å². The van der Waals surface area contributed by atoms with Crippen molar-refractivity contribution in [3.63, 3.8) is 0 Å². The molecule has 3 heteroatoms. The molecule has 0 aliphatic rings. The summed E-state index contributed by atoms with van der Waals surface area (Å²) in [5.41, 5.74) is 5.13. The fourth-order valence-electron chi connectivity index (χ4n) is 3.55. The quantitative estimate of drug-likeness (QED) is 0.172. The minimum Gasteiger partial charge on any atom is -0.396 e. The lowest BCUT2D eigenvalue weighted by Gasteiger charge is -2.12. The summed E-state index contributed by atoms with van der Waals surface area (Å²) in [5.74, 6) is 0.375. The van der Waals surface area contributed by atoms with Gasteiger partial charge in [0.15, 0.2) is 0 Å². The van der Waals surface area contributed by atoms with Crippen molar-refractivity contribution < 1.29 is 9.90 Å². The Morgan fingerprint density at radius 2 is 1.26 bits per heavy atom. The van der Waals surface area contributed by atoms with Gasteiger partial charge in [-0.2, -0.15) is 0 Å². The molecule has 160 valence electrons. The molecule has 0 aliphatic heterocycles. The summed E-state index contributed by atoms with van der Waals surface area (Å²) in [6, 6.07) is 0. The average molecular weight is 382 g/mol. The highest BCUT2D eigenvalue weighted by Crippen LogP contribution is 2.17. The summed E-state index contributed by atoms with van der Waals surface area (Å²) in [5, 5.41) is 9.37. The van der Waals surface area contributed by atoms with E-state index in [9.17, 15) is 9.90 Å². The molecule has 3 N–H and O–H groups in total. The second kappa shape index (κ2) is 21.5. The number of amides is 1. The highest BCUT2D eigenvalue weighted by Gasteiger charge is 2.05. The Balaban J connectivity index is 3.24. The van der Waals surface area contributed by atoms with Crippen LogP contribution in [0.4, 0.5) is 0 Å². The summed E-state index contributed by atoms with van der Waals surface area (Å²) < 4.78 is 0. The number of carbonyl (C=O) groups is 1. The Bertz CT molecular complexity index is 341. The lowest BCUT2D eigenvalue weighted by Crippen LogP contribution is -2.09. The van der Waals surface area contributed by atoms with Crippen LogP contribution in [0.5, 0.6) is 0 Å². The van der Waals surface area contributed by atoms with E-state index in [1.165, 1.54) is 96.3 Å². The number of aliphatic hydroxyl groups excluding tert-OH is 1. The first-order valence-corrected chi connectivity index (χ1v) is 11.7. The van der Waals surface area contributed by atoms with E-state index in [1.54, 1.807) is 0 Å². The van der Waals surface area contributed by atoms with Gasteiger partial charge >= 0.3 is 0 Å². The van der Waals surface area contributed by atoms with Gasteiger partial charge in [-0.3, -0.25) is 4.79 Å². The Labute approximate surface area is 169 Å². The molecule has 0 aromatic heterocycles. The molecule has 0 saturated carbocycles. The average Bonchev–Trinajstić information content (AvgIpc) is 2.66. The van der Waals surface area contributed by atoms with Gasteiger partial charge in [0.05, 0.1) is 0 Å². The number of unbranched alkanes of at least 4 members (excludes halogenated alkanes) is 12. The van der Waals surface area contributed by atoms with Gasteiger partial charge < -0.3 is 10.8 Å². The van der Waals surface area contributed by atoms with E-state index >= 15 is 0 Å². The summed E-state index contributed by atoms with van der Waals surface area (Å²) in [6.07, 6.45) is 26.4. The molecule has 0 fully saturated rings. The van der Waals surface area contributed by atoms with Crippen LogP contribution in [0, 0.1) is 5.92 Å². The molecule has 0 spiro atoms. The maximum absolute atomic E-state index is 10.6. The van der Waals surface area contributed by atoms with E-state index in [1.807, 2.05) is 0 Å². The molecule has 1 atom stereocenters. The van der Waals surface area contributed by atoms with Crippen molar-refractivity contribution in [2.75, 3.05) is 6.61 Å². The molecule has 0 saturated heterocycles. The predicted molar refractivity (Wildman–Crippen MR) is 118 cm³/mol. The van der Waals surface area contributed by atoms with Crippen molar-refractivity contribution in [1.29, 1.82) is 0 Å². The van der Waals surface area contributed by atoms with E-state index in [0.717, 1.165) is 12.8 Å². The molecule has 0 aromatic rings. The van der Waals surface area contributed by atoms with Crippen LogP contribution in [0.1, 0.15) is 122 Å². The predicted octanol–water partition coefficient (Wildman–Crippen LogP) is 6.68. The van der Waals surface area contributed by atoms with Crippen molar-refractivity contribution in [2.45, 2.75) is 122 Å². The summed E-state index contributed by atoms with van der Waals surface area (Å²) in [7, 11) is 0. The van der Waals surface area contributed by atoms with Gasteiger partial charge in [-0.25, -0.2) is 0 Å². The number of hydrogen-bond acceptors (Lipinski definition) is 2. The molecule has 0 aliphatic carbocycles. The first kappa shape index (κ1) is 26.2. The molecule has 27 heavy (non-hydrogen) atoms. The highest BCUT2D eigenvalue weighted by molar-refractivity contribution is 5.73. The zero-order valence-electron chi connectivity index (χ0n) is 18.1. The Kier molecular flexibility index (Phi) is 20.8. The number of rotatable bonds is 21. The molecule has 0 bridgehead atoms. The third-order valence-electron chi connectivity index (χ3n) is 5.42. The molecule has 1 amide bonds. The zero-order valence-corrected chi connectivity index (χ0v) is 18.1. The smallest absolute Gasteiger partial charge is 0.217 e. The second-order valence-electron chi connectivity index (χ2n) is 8.13. The monoisotopic (exact) mass is 381 g/mol. The van der Waals surface area contributed by atoms with Crippen LogP contribution in [-0.2, 0) is 4.79 Å². The molecule has 0 rings (SSSR count). The fourth-order valence-corrected chi connectivity index (χ4v) is 3.55. The van der Waals surface area contributed by atoms with Crippen LogP contribution >= 0.6 is 0 Å². The normalized spacial score (nSPS) is 12.7. The lowest BCUT2D eigenvalue weighted by atomic mass is 9.96. The molecule has 0 radical (unpaired) electrons. The van der Waals surface area contributed by atoms with Crippen molar-refractivity contribution in [1.82, 2.24) is 0 Å². The lowest BCUT2D eigenvalue weighted by molar-refractivity contribution is -0.118. The largest absolute Gasteiger partial charge is 0.396 e. The van der Waals surface area contributed by atoms with Crippen LogP contribution in [0.15, 0.2) is 12.2 Å². The van der Waals surface area contributed by atoms with E-state index < -0.39 is 0 Å². The molecule has 0 aromatic carbocycles. The molecular formula is C24H47NO2. The first-order chi connectivity index (χ1) is 13.2. The van der Waals surface area contributed by atoms with Crippen molar-refractivity contribution in [3.8, 4) is 0 Å². The molecular weight excluding hydrogens is 334 g/mol. The summed E-state index contributed by atoms with van der Waals surface area (Å²) in [4.78, 5) is 10.6. The van der Waals surface area contributed by atoms with Crippen LogP contribution in [0.2, 0.25) is 0 Å². The first-order valence-electron chi connectivity index (χ1n) is 11.7. The van der Waals surface area contributed by atoms with E-state index in [2.05, 4.69) is 19.1 Å². The van der Waals surface area contributed by atoms with Crippen LogP contribution in [0.3, 0.4) is 0 Å². The SMILES string of the molecule is CCCCC(CO)CCCCCC/C=C\CCCCCCCCCC(N)=O. The number of aliphatic hydroxyl groups is 1. The third kappa shape index (κ3) is 21.3. The number of primary amides is 1. The maximum atomic E-state index is 10.6. The summed E-state index contributed by atoms with van der Waals surface area (Å²) in [6.45, 7) is 2.59. The van der Waals surface area contributed by atoms with Gasteiger partial charge in [-0.1, -0.05) is 83.3 Å². The highest BCUT2D eigenvalue weighted by atomic mass is 16.3. The van der Waals surface area contributed by atoms with Crippen molar-refractivity contribution in [2.24, 2.45) is 11.7 Å². The zero-order chi connectivity index (χ0) is 20.0. The Morgan fingerprint density at radius 3 is 1.78 bits per heavy atom. The second-order valence-corrected chi connectivity index (χ2v) is 8.13. The third-order valence-corrected chi connectivity index (χ3v) is 5.42.